The van der Waals surface area contributed by atoms with Gasteiger partial charge in [-0.25, -0.2) is 4.98 Å². The topological polar surface area (TPSA) is 124 Å². The van der Waals surface area contributed by atoms with Crippen molar-refractivity contribution in [2.75, 3.05) is 0 Å². The first-order valence-corrected chi connectivity index (χ1v) is 8.69. The van der Waals surface area contributed by atoms with Crippen LogP contribution in [-0.4, -0.2) is 41.0 Å². The summed E-state index contributed by atoms with van der Waals surface area (Å²) in [5.74, 6) is -0.499. The summed E-state index contributed by atoms with van der Waals surface area (Å²) in [5, 5.41) is 36.2. The molecule has 0 radical (unpaired) electrons. The number of hydrogen-bond donors (Lipinski definition) is 4. The predicted octanol–water partition coefficient (Wildman–Crippen LogP) is 3.06. The number of fused-ring (bicyclic) bond motifs is 1. The largest absolute Gasteiger partial charge is 0.508 e. The first-order valence-electron chi connectivity index (χ1n) is 8.69. The third-order valence-corrected chi connectivity index (χ3v) is 4.68. The van der Waals surface area contributed by atoms with Crippen LogP contribution in [0.2, 0.25) is 0 Å². The number of nitrogens with one attached hydrogen (secondary N) is 1. The van der Waals surface area contributed by atoms with Crippen LogP contribution in [0.4, 0.5) is 0 Å². The number of aromatic amines is 1. The van der Waals surface area contributed by atoms with Gasteiger partial charge in [0, 0.05) is 30.8 Å². The molecule has 0 spiro atoms. The number of nitrogens with zero attached hydrogens (tertiary/aromatic N) is 3. The Morgan fingerprint density at radius 2 is 1.96 bits per heavy atom. The molecule has 2 aromatic carbocycles. The number of aromatic hydroxyl groups is 2. The number of para-hydroxylation sites is 2. The zero-order valence-electron chi connectivity index (χ0n) is 15.0. The molecule has 4 N–H and O–H groups in total. The molecular weight excluding hydrogens is 360 g/mol. The Morgan fingerprint density at radius 3 is 2.68 bits per heavy atom. The second kappa shape index (κ2) is 6.73. The predicted molar refractivity (Wildman–Crippen MR) is 103 cm³/mol. The Balaban J connectivity index is 1.95. The molecular formula is C20H18N4O4. The van der Waals surface area contributed by atoms with E-state index in [0.717, 1.165) is 11.0 Å². The van der Waals surface area contributed by atoms with Crippen LogP contribution in [0.1, 0.15) is 12.1 Å². The van der Waals surface area contributed by atoms with Gasteiger partial charge in [0.15, 0.2) is 0 Å². The maximum atomic E-state index is 11.1. The molecule has 2 aromatic heterocycles. The molecule has 0 aliphatic carbocycles. The Hall–Kier alpha value is -3.81. The average molecular weight is 378 g/mol. The van der Waals surface area contributed by atoms with Crippen LogP contribution >= 0.6 is 0 Å². The van der Waals surface area contributed by atoms with Crippen molar-refractivity contribution in [3.8, 4) is 34.1 Å². The molecule has 4 aromatic rings. The van der Waals surface area contributed by atoms with Gasteiger partial charge in [-0.15, -0.1) is 0 Å². The molecule has 142 valence electrons. The fraction of sp³-hybridized carbons (Fsp3) is 0.150. The van der Waals surface area contributed by atoms with Gasteiger partial charge in [0.2, 0.25) is 0 Å². The Labute approximate surface area is 159 Å². The van der Waals surface area contributed by atoms with Crippen molar-refractivity contribution < 1.29 is 20.1 Å². The molecule has 0 saturated heterocycles. The quantitative estimate of drug-likeness (QED) is 0.423. The summed E-state index contributed by atoms with van der Waals surface area (Å²) in [7, 11) is 1.87. The van der Waals surface area contributed by atoms with E-state index in [4.69, 9.17) is 10.1 Å². The highest BCUT2D eigenvalue weighted by atomic mass is 16.4. The fourth-order valence-corrected chi connectivity index (χ4v) is 3.32. The number of phenols is 2. The van der Waals surface area contributed by atoms with Crippen molar-refractivity contribution in [3.63, 3.8) is 0 Å². The highest BCUT2D eigenvalue weighted by Gasteiger charge is 2.23. The number of carboxylic acid groups (broad SMARTS) is 1. The number of aromatic nitrogens is 4. The highest BCUT2D eigenvalue weighted by Crippen LogP contribution is 2.39. The van der Waals surface area contributed by atoms with Crippen molar-refractivity contribution in [2.24, 2.45) is 7.05 Å². The fourth-order valence-electron chi connectivity index (χ4n) is 3.32. The van der Waals surface area contributed by atoms with Gasteiger partial charge in [0.25, 0.3) is 0 Å². The van der Waals surface area contributed by atoms with Crippen LogP contribution < -0.4 is 0 Å². The van der Waals surface area contributed by atoms with E-state index >= 15 is 0 Å². The lowest BCUT2D eigenvalue weighted by molar-refractivity contribution is -0.136. The van der Waals surface area contributed by atoms with Crippen LogP contribution in [0.3, 0.4) is 0 Å². The summed E-state index contributed by atoms with van der Waals surface area (Å²) in [5.41, 5.74) is 3.81. The highest BCUT2D eigenvalue weighted by molar-refractivity contribution is 5.88. The SMILES string of the molecule is Cn1c(-c2c(-c3ccc(O)cc3O)n[nH]c2CCC(=O)O)nc2ccccc21. The molecule has 0 aliphatic rings. The van der Waals surface area contributed by atoms with E-state index in [1.54, 1.807) is 6.07 Å². The van der Waals surface area contributed by atoms with Crippen LogP contribution in [-0.2, 0) is 18.3 Å². The number of aryl methyl sites for hydroxylation is 2. The zero-order chi connectivity index (χ0) is 19.8. The summed E-state index contributed by atoms with van der Waals surface area (Å²) in [6.45, 7) is 0. The number of aliphatic carboxylic acids is 1. The van der Waals surface area contributed by atoms with Crippen molar-refractivity contribution >= 4 is 17.0 Å². The molecule has 2 heterocycles. The van der Waals surface area contributed by atoms with E-state index in [1.807, 2.05) is 35.9 Å². The first-order chi connectivity index (χ1) is 13.5. The van der Waals surface area contributed by atoms with Crippen LogP contribution in [0, 0.1) is 0 Å². The van der Waals surface area contributed by atoms with Gasteiger partial charge >= 0.3 is 5.97 Å². The number of rotatable bonds is 5. The van der Waals surface area contributed by atoms with Crippen LogP contribution in [0.5, 0.6) is 11.5 Å². The molecule has 0 saturated carbocycles. The summed E-state index contributed by atoms with van der Waals surface area (Å²) >= 11 is 0. The van der Waals surface area contributed by atoms with Crippen LogP contribution in [0.15, 0.2) is 42.5 Å². The number of phenolic OH excluding ortho intramolecular Hbond substituents is 2. The van der Waals surface area contributed by atoms with E-state index in [1.165, 1.54) is 12.1 Å². The molecule has 28 heavy (non-hydrogen) atoms. The minimum atomic E-state index is -0.917. The summed E-state index contributed by atoms with van der Waals surface area (Å²) in [4.78, 5) is 15.8. The van der Waals surface area contributed by atoms with Crippen molar-refractivity contribution in [1.82, 2.24) is 19.7 Å². The van der Waals surface area contributed by atoms with Gasteiger partial charge in [-0.3, -0.25) is 9.89 Å². The molecule has 0 aliphatic heterocycles. The number of carbonyl (C=O) groups is 1. The van der Waals surface area contributed by atoms with Crippen LogP contribution in [0.25, 0.3) is 33.7 Å². The molecule has 8 nitrogen and oxygen atoms in total. The summed E-state index contributed by atoms with van der Waals surface area (Å²) in [6.07, 6.45) is 0.167. The van der Waals surface area contributed by atoms with E-state index in [0.29, 0.717) is 28.3 Å². The minimum absolute atomic E-state index is 0.0628. The maximum Gasteiger partial charge on any atom is 0.303 e. The molecule has 8 heteroatoms. The third-order valence-electron chi connectivity index (χ3n) is 4.68. The van der Waals surface area contributed by atoms with Gasteiger partial charge in [-0.05, 0) is 24.3 Å². The lowest BCUT2D eigenvalue weighted by Crippen LogP contribution is -2.01. The third kappa shape index (κ3) is 2.94. The molecule has 0 unspecified atom stereocenters. The Morgan fingerprint density at radius 1 is 1.18 bits per heavy atom. The smallest absolute Gasteiger partial charge is 0.303 e. The van der Waals surface area contributed by atoms with Gasteiger partial charge < -0.3 is 19.9 Å². The van der Waals surface area contributed by atoms with Crippen molar-refractivity contribution in [3.05, 3.63) is 48.2 Å². The van der Waals surface area contributed by atoms with Gasteiger partial charge in [-0.2, -0.15) is 5.10 Å². The summed E-state index contributed by atoms with van der Waals surface area (Å²) < 4.78 is 1.91. The number of imidazole rings is 1. The lowest BCUT2D eigenvalue weighted by Gasteiger charge is -2.08. The summed E-state index contributed by atoms with van der Waals surface area (Å²) in [6, 6.07) is 11.9. The second-order valence-electron chi connectivity index (χ2n) is 6.50. The lowest BCUT2D eigenvalue weighted by atomic mass is 10.0. The first kappa shape index (κ1) is 17.6. The monoisotopic (exact) mass is 378 g/mol. The van der Waals surface area contributed by atoms with E-state index < -0.39 is 5.97 Å². The number of carboxylic acids is 1. The normalized spacial score (nSPS) is 11.2. The van der Waals surface area contributed by atoms with E-state index in [9.17, 15) is 15.0 Å². The van der Waals surface area contributed by atoms with Gasteiger partial charge in [0.1, 0.15) is 23.0 Å². The zero-order valence-corrected chi connectivity index (χ0v) is 15.0. The maximum absolute atomic E-state index is 11.1. The number of H-pyrrole nitrogens is 1. The van der Waals surface area contributed by atoms with Crippen molar-refractivity contribution in [1.29, 1.82) is 0 Å². The number of benzene rings is 2. The van der Waals surface area contributed by atoms with Gasteiger partial charge in [-0.1, -0.05) is 12.1 Å². The molecule has 4 rings (SSSR count). The average Bonchev–Trinajstić information content (AvgIpc) is 3.21. The molecule has 0 bridgehead atoms. The molecule has 0 atom stereocenters. The van der Waals surface area contributed by atoms with Gasteiger partial charge in [0.05, 0.1) is 23.0 Å². The number of hydrogen-bond acceptors (Lipinski definition) is 5. The molecule has 0 amide bonds. The Kier molecular flexibility index (Phi) is 4.23. The second-order valence-corrected chi connectivity index (χ2v) is 6.50. The van der Waals surface area contributed by atoms with E-state index in [-0.39, 0.29) is 24.3 Å². The standard InChI is InChI=1S/C20H18N4O4/c1-24-15-5-3-2-4-13(15)21-20(24)18-14(8-9-17(27)28)22-23-19(18)12-7-6-11(25)10-16(12)26/h2-7,10,25-26H,8-9H2,1H3,(H,22,23)(H,27,28). The molecule has 0 fully saturated rings. The van der Waals surface area contributed by atoms with Crippen molar-refractivity contribution in [2.45, 2.75) is 12.8 Å². The van der Waals surface area contributed by atoms with E-state index in [2.05, 4.69) is 10.2 Å². The Bertz CT molecular complexity index is 1190. The minimum Gasteiger partial charge on any atom is -0.508 e.